The minimum Gasteiger partial charge on any atom is -0.466 e. The first-order valence-corrected chi connectivity index (χ1v) is 9.39. The SMILES string of the molecule is CCOC(=O)CC1=C[C@H](c2ccc(C(C)C)cc2)C2=C(CCCC2=O)O1. The molecule has 0 saturated carbocycles. The maximum absolute atomic E-state index is 12.6. The van der Waals surface area contributed by atoms with E-state index in [0.717, 1.165) is 29.7 Å². The molecule has 3 rings (SSSR count). The van der Waals surface area contributed by atoms with Gasteiger partial charge in [0.15, 0.2) is 5.78 Å². The normalized spacial score (nSPS) is 19.8. The highest BCUT2D eigenvalue weighted by Crippen LogP contribution is 2.41. The first-order valence-electron chi connectivity index (χ1n) is 9.39. The summed E-state index contributed by atoms with van der Waals surface area (Å²) >= 11 is 0. The fraction of sp³-hybridized carbons (Fsp3) is 0.455. The van der Waals surface area contributed by atoms with E-state index in [-0.39, 0.29) is 24.1 Å². The topological polar surface area (TPSA) is 52.6 Å². The summed E-state index contributed by atoms with van der Waals surface area (Å²) < 4.78 is 11.0. The summed E-state index contributed by atoms with van der Waals surface area (Å²) in [6.45, 7) is 6.45. The molecule has 0 aromatic heterocycles. The lowest BCUT2D eigenvalue weighted by atomic mass is 9.80. The summed E-state index contributed by atoms with van der Waals surface area (Å²) in [5, 5.41) is 0. The van der Waals surface area contributed by atoms with Crippen LogP contribution in [0.25, 0.3) is 0 Å². The van der Waals surface area contributed by atoms with Gasteiger partial charge >= 0.3 is 5.97 Å². The van der Waals surface area contributed by atoms with Gasteiger partial charge in [-0.2, -0.15) is 0 Å². The van der Waals surface area contributed by atoms with E-state index in [1.165, 1.54) is 5.56 Å². The molecule has 1 aromatic rings. The molecule has 138 valence electrons. The van der Waals surface area contributed by atoms with E-state index in [4.69, 9.17) is 9.47 Å². The molecule has 1 heterocycles. The Hall–Kier alpha value is -2.36. The molecule has 0 N–H and O–H groups in total. The van der Waals surface area contributed by atoms with Crippen LogP contribution in [-0.4, -0.2) is 18.4 Å². The van der Waals surface area contributed by atoms with Gasteiger partial charge in [-0.3, -0.25) is 9.59 Å². The van der Waals surface area contributed by atoms with Crippen LogP contribution in [0, 0.1) is 0 Å². The van der Waals surface area contributed by atoms with Crippen LogP contribution in [0.1, 0.15) is 69.4 Å². The molecule has 1 atom stereocenters. The minimum absolute atomic E-state index is 0.0966. The van der Waals surface area contributed by atoms with Crippen molar-refractivity contribution in [3.63, 3.8) is 0 Å². The molecule has 1 aliphatic carbocycles. The Labute approximate surface area is 154 Å². The van der Waals surface area contributed by atoms with Crippen molar-refractivity contribution in [2.75, 3.05) is 6.61 Å². The van der Waals surface area contributed by atoms with Gasteiger partial charge < -0.3 is 9.47 Å². The van der Waals surface area contributed by atoms with Crippen molar-refractivity contribution < 1.29 is 19.1 Å². The van der Waals surface area contributed by atoms with E-state index in [1.807, 2.05) is 6.08 Å². The van der Waals surface area contributed by atoms with Crippen molar-refractivity contribution in [3.05, 3.63) is 58.6 Å². The summed E-state index contributed by atoms with van der Waals surface area (Å²) in [6, 6.07) is 8.39. The largest absolute Gasteiger partial charge is 0.466 e. The Morgan fingerprint density at radius 3 is 2.62 bits per heavy atom. The van der Waals surface area contributed by atoms with Crippen LogP contribution in [0.5, 0.6) is 0 Å². The zero-order valence-electron chi connectivity index (χ0n) is 15.7. The van der Waals surface area contributed by atoms with E-state index >= 15 is 0 Å². The molecular formula is C22H26O4. The van der Waals surface area contributed by atoms with Gasteiger partial charge in [-0.05, 0) is 36.5 Å². The predicted molar refractivity (Wildman–Crippen MR) is 99.6 cm³/mol. The number of hydrogen-bond acceptors (Lipinski definition) is 4. The highest BCUT2D eigenvalue weighted by molar-refractivity contribution is 5.98. The molecule has 0 amide bonds. The van der Waals surface area contributed by atoms with Crippen LogP contribution < -0.4 is 0 Å². The van der Waals surface area contributed by atoms with Gasteiger partial charge in [0.2, 0.25) is 0 Å². The van der Waals surface area contributed by atoms with Gasteiger partial charge in [0.1, 0.15) is 17.9 Å². The van der Waals surface area contributed by atoms with Gasteiger partial charge in [-0.15, -0.1) is 0 Å². The van der Waals surface area contributed by atoms with E-state index < -0.39 is 0 Å². The molecule has 1 aromatic carbocycles. The highest BCUT2D eigenvalue weighted by Gasteiger charge is 2.33. The van der Waals surface area contributed by atoms with Crippen LogP contribution in [0.2, 0.25) is 0 Å². The molecule has 1 aliphatic heterocycles. The van der Waals surface area contributed by atoms with E-state index in [0.29, 0.717) is 24.7 Å². The maximum atomic E-state index is 12.6. The number of ketones is 1. The second-order valence-corrected chi connectivity index (χ2v) is 7.13. The fourth-order valence-corrected chi connectivity index (χ4v) is 3.55. The lowest BCUT2D eigenvalue weighted by Gasteiger charge is -2.30. The summed E-state index contributed by atoms with van der Waals surface area (Å²) in [5.41, 5.74) is 3.07. The van der Waals surface area contributed by atoms with Crippen molar-refractivity contribution in [1.82, 2.24) is 0 Å². The molecular weight excluding hydrogens is 328 g/mol. The molecule has 4 heteroatoms. The number of carbonyl (C=O) groups excluding carboxylic acids is 2. The second kappa shape index (κ2) is 7.90. The molecule has 0 bridgehead atoms. The third kappa shape index (κ3) is 3.90. The van der Waals surface area contributed by atoms with Crippen molar-refractivity contribution in [2.24, 2.45) is 0 Å². The number of carbonyl (C=O) groups is 2. The van der Waals surface area contributed by atoms with E-state index in [9.17, 15) is 9.59 Å². The van der Waals surface area contributed by atoms with Crippen LogP contribution in [0.3, 0.4) is 0 Å². The van der Waals surface area contributed by atoms with Gasteiger partial charge in [0.25, 0.3) is 0 Å². The lowest BCUT2D eigenvalue weighted by molar-refractivity contribution is -0.142. The van der Waals surface area contributed by atoms with Crippen molar-refractivity contribution in [1.29, 1.82) is 0 Å². The smallest absolute Gasteiger partial charge is 0.313 e. The number of hydrogen-bond donors (Lipinski definition) is 0. The molecule has 0 unspecified atom stereocenters. The Balaban J connectivity index is 1.94. The molecule has 26 heavy (non-hydrogen) atoms. The van der Waals surface area contributed by atoms with Gasteiger partial charge in [-0.1, -0.05) is 38.1 Å². The Morgan fingerprint density at radius 1 is 1.23 bits per heavy atom. The van der Waals surface area contributed by atoms with Crippen LogP contribution in [-0.2, 0) is 19.1 Å². The zero-order chi connectivity index (χ0) is 18.7. The van der Waals surface area contributed by atoms with E-state index in [1.54, 1.807) is 6.92 Å². The van der Waals surface area contributed by atoms with Crippen molar-refractivity contribution >= 4 is 11.8 Å². The van der Waals surface area contributed by atoms with Crippen LogP contribution in [0.4, 0.5) is 0 Å². The van der Waals surface area contributed by atoms with Crippen LogP contribution >= 0.6 is 0 Å². The quantitative estimate of drug-likeness (QED) is 0.715. The number of benzene rings is 1. The molecule has 2 aliphatic rings. The average Bonchev–Trinajstić information content (AvgIpc) is 2.61. The monoisotopic (exact) mass is 354 g/mol. The number of Topliss-reactive ketones (excluding diaryl/α,β-unsaturated/α-hetero) is 1. The van der Waals surface area contributed by atoms with Gasteiger partial charge in [0, 0.05) is 24.3 Å². The number of allylic oxidation sites excluding steroid dienone is 3. The Bertz CT molecular complexity index is 753. The standard InChI is InChI=1S/C22H26O4/c1-4-25-21(24)13-17-12-18(16-10-8-15(9-11-16)14(2)3)22-19(23)6-5-7-20(22)26-17/h8-12,14,18H,4-7,13H2,1-3H3/t18-/m1/s1. The number of rotatable bonds is 5. The first-order chi connectivity index (χ1) is 12.5. The maximum Gasteiger partial charge on any atom is 0.313 e. The molecule has 0 spiro atoms. The molecule has 0 saturated heterocycles. The third-order valence-corrected chi connectivity index (χ3v) is 4.91. The molecule has 4 nitrogen and oxygen atoms in total. The lowest BCUT2D eigenvalue weighted by Crippen LogP contribution is -2.23. The first kappa shape index (κ1) is 18.4. The van der Waals surface area contributed by atoms with Gasteiger partial charge in [0.05, 0.1) is 6.61 Å². The average molecular weight is 354 g/mol. The highest BCUT2D eigenvalue weighted by atomic mass is 16.5. The van der Waals surface area contributed by atoms with Gasteiger partial charge in [-0.25, -0.2) is 0 Å². The predicted octanol–water partition coefficient (Wildman–Crippen LogP) is 4.77. The van der Waals surface area contributed by atoms with Crippen LogP contribution in [0.15, 0.2) is 47.4 Å². The summed E-state index contributed by atoms with van der Waals surface area (Å²) in [6.07, 6.45) is 4.09. The Kier molecular flexibility index (Phi) is 5.60. The Morgan fingerprint density at radius 2 is 1.96 bits per heavy atom. The summed E-state index contributed by atoms with van der Waals surface area (Å²) in [7, 11) is 0. The molecule has 0 fully saturated rings. The number of ether oxygens (including phenoxy) is 2. The molecule has 0 radical (unpaired) electrons. The number of esters is 1. The second-order valence-electron chi connectivity index (χ2n) is 7.13. The minimum atomic E-state index is -0.307. The summed E-state index contributed by atoms with van der Waals surface area (Å²) in [4.78, 5) is 24.4. The van der Waals surface area contributed by atoms with Crippen molar-refractivity contribution in [3.8, 4) is 0 Å². The van der Waals surface area contributed by atoms with E-state index in [2.05, 4.69) is 38.1 Å². The fourth-order valence-electron chi connectivity index (χ4n) is 3.55. The third-order valence-electron chi connectivity index (χ3n) is 4.91. The summed E-state index contributed by atoms with van der Waals surface area (Å²) in [5.74, 6) is 1.45. The zero-order valence-corrected chi connectivity index (χ0v) is 15.7. The van der Waals surface area contributed by atoms with Crippen molar-refractivity contribution in [2.45, 2.75) is 58.3 Å².